The van der Waals surface area contributed by atoms with Gasteiger partial charge in [0.1, 0.15) is 48.8 Å². The van der Waals surface area contributed by atoms with Gasteiger partial charge < -0.3 is 65.1 Å². The first kappa shape index (κ1) is 70.8. The predicted molar refractivity (Wildman–Crippen MR) is 313 cm³/mol. The van der Waals surface area contributed by atoms with Gasteiger partial charge in [-0.1, -0.05) is 200 Å². The van der Waals surface area contributed by atoms with E-state index in [1.165, 1.54) is 70.6 Å². The number of aliphatic hydroxyl groups is 8. The van der Waals surface area contributed by atoms with Crippen LogP contribution in [0.1, 0.15) is 194 Å². The second kappa shape index (κ2) is 48.4. The van der Waals surface area contributed by atoms with Crippen molar-refractivity contribution in [1.82, 2.24) is 5.32 Å². The lowest BCUT2D eigenvalue weighted by atomic mass is 9.97. The van der Waals surface area contributed by atoms with Gasteiger partial charge in [0.15, 0.2) is 12.6 Å². The van der Waals surface area contributed by atoms with Crippen molar-refractivity contribution in [1.29, 1.82) is 0 Å². The largest absolute Gasteiger partial charge is 0.394 e. The maximum absolute atomic E-state index is 13.3. The molecule has 2 fully saturated rings. The van der Waals surface area contributed by atoms with E-state index in [1.54, 1.807) is 6.08 Å². The van der Waals surface area contributed by atoms with Crippen molar-refractivity contribution in [2.45, 2.75) is 267 Å². The van der Waals surface area contributed by atoms with E-state index in [2.05, 4.69) is 116 Å². The Labute approximate surface area is 470 Å². The Kier molecular flexibility index (Phi) is 43.9. The standard InChI is InChI=1S/C64H107NO13/c1-3-5-7-9-11-13-15-17-19-21-23-25-26-28-30-32-34-36-38-40-42-44-46-48-56(69)65-52(53(68)47-45-43-41-39-37-35-33-31-29-27-24-22-20-18-16-14-12-10-8-6-4-2)51-75-63-61(74)59(72)62(55(50-67)77-63)78-64-60(73)58(71)57(70)54(49-66)76-64/h5,7,11,13,17,19,23,25,28-31,34,36-37,39,45,47,52-55,57-64,66-68,70-74H,3-4,6,8-10,12,14-16,18,20-22,24,26-27,32-33,35,38,40-44,46,48-51H2,1-2H3,(H,65,69)/b7-5-,13-11-,19-17-,25-23-,30-28-,31-29+,36-34-,39-37+,47-45+. The molecule has 0 radical (unpaired) electrons. The van der Waals surface area contributed by atoms with Crippen molar-refractivity contribution in [2.75, 3.05) is 19.8 Å². The summed E-state index contributed by atoms with van der Waals surface area (Å²) in [6.07, 6.45) is 51.2. The van der Waals surface area contributed by atoms with Gasteiger partial charge in [0.05, 0.1) is 32.0 Å². The molecule has 78 heavy (non-hydrogen) atoms. The number of hydrogen-bond acceptors (Lipinski definition) is 13. The monoisotopic (exact) mass is 1100 g/mol. The molecule has 0 spiro atoms. The summed E-state index contributed by atoms with van der Waals surface area (Å²) in [6, 6.07) is -0.960. The van der Waals surface area contributed by atoms with Crippen LogP contribution in [-0.2, 0) is 23.7 Å². The van der Waals surface area contributed by atoms with Gasteiger partial charge in [0.25, 0.3) is 0 Å². The van der Waals surface area contributed by atoms with Gasteiger partial charge in [-0.2, -0.15) is 0 Å². The molecule has 14 nitrogen and oxygen atoms in total. The second-order valence-corrected chi connectivity index (χ2v) is 20.7. The van der Waals surface area contributed by atoms with Gasteiger partial charge in [0, 0.05) is 6.42 Å². The number of unbranched alkanes of at least 4 members (excludes halogenated alkanes) is 17. The molecule has 0 aromatic carbocycles. The molecule has 0 aromatic heterocycles. The Bertz CT molecular complexity index is 1720. The molecule has 0 saturated carbocycles. The molecule has 2 rings (SSSR count). The summed E-state index contributed by atoms with van der Waals surface area (Å²) in [4.78, 5) is 13.3. The molecule has 2 aliphatic rings. The minimum Gasteiger partial charge on any atom is -0.394 e. The van der Waals surface area contributed by atoms with Gasteiger partial charge in [-0.15, -0.1) is 0 Å². The van der Waals surface area contributed by atoms with Crippen LogP contribution in [-0.4, -0.2) is 140 Å². The number of amides is 1. The van der Waals surface area contributed by atoms with Crippen molar-refractivity contribution in [3.8, 4) is 0 Å². The Hall–Kier alpha value is -3.35. The van der Waals surface area contributed by atoms with Crippen molar-refractivity contribution < 1.29 is 64.6 Å². The van der Waals surface area contributed by atoms with Gasteiger partial charge >= 0.3 is 0 Å². The summed E-state index contributed by atoms with van der Waals surface area (Å²) < 4.78 is 22.7. The molecule has 2 saturated heterocycles. The summed E-state index contributed by atoms with van der Waals surface area (Å²) in [5.41, 5.74) is 0. The fourth-order valence-electron chi connectivity index (χ4n) is 9.09. The highest BCUT2D eigenvalue weighted by molar-refractivity contribution is 5.76. The van der Waals surface area contributed by atoms with E-state index >= 15 is 0 Å². The molecular weight excluding hydrogens is 991 g/mol. The van der Waals surface area contributed by atoms with E-state index in [4.69, 9.17) is 18.9 Å². The number of carbonyl (C=O) groups is 1. The zero-order valence-electron chi connectivity index (χ0n) is 47.9. The first-order chi connectivity index (χ1) is 38.1. The molecule has 12 atom stereocenters. The summed E-state index contributed by atoms with van der Waals surface area (Å²) >= 11 is 0. The van der Waals surface area contributed by atoms with Crippen LogP contribution in [0, 0.1) is 0 Å². The minimum atomic E-state index is -1.80. The van der Waals surface area contributed by atoms with E-state index < -0.39 is 86.8 Å². The van der Waals surface area contributed by atoms with Crippen LogP contribution in [0.25, 0.3) is 0 Å². The number of aliphatic hydroxyl groups excluding tert-OH is 8. The molecule has 446 valence electrons. The fourth-order valence-corrected chi connectivity index (χ4v) is 9.09. The molecule has 0 aromatic rings. The van der Waals surface area contributed by atoms with Crippen LogP contribution in [0.5, 0.6) is 0 Å². The van der Waals surface area contributed by atoms with Crippen LogP contribution < -0.4 is 5.32 Å². The van der Waals surface area contributed by atoms with Crippen LogP contribution in [0.4, 0.5) is 0 Å². The van der Waals surface area contributed by atoms with Crippen LogP contribution in [0.3, 0.4) is 0 Å². The van der Waals surface area contributed by atoms with Crippen molar-refractivity contribution >= 4 is 5.91 Å². The quantitative estimate of drug-likeness (QED) is 0.0204. The highest BCUT2D eigenvalue weighted by atomic mass is 16.7. The molecule has 2 aliphatic heterocycles. The van der Waals surface area contributed by atoms with Crippen molar-refractivity contribution in [3.63, 3.8) is 0 Å². The molecule has 9 N–H and O–H groups in total. The third kappa shape index (κ3) is 33.4. The molecule has 12 unspecified atom stereocenters. The first-order valence-electron chi connectivity index (χ1n) is 30.1. The van der Waals surface area contributed by atoms with Gasteiger partial charge in [-0.25, -0.2) is 0 Å². The summed E-state index contributed by atoms with van der Waals surface area (Å²) in [7, 11) is 0. The maximum Gasteiger partial charge on any atom is 0.220 e. The van der Waals surface area contributed by atoms with Crippen LogP contribution in [0.2, 0.25) is 0 Å². The second-order valence-electron chi connectivity index (χ2n) is 20.7. The summed E-state index contributed by atoms with van der Waals surface area (Å²) in [6.45, 7) is 2.63. The maximum atomic E-state index is 13.3. The lowest BCUT2D eigenvalue weighted by Gasteiger charge is -2.46. The third-order valence-corrected chi connectivity index (χ3v) is 13.9. The van der Waals surface area contributed by atoms with E-state index in [9.17, 15) is 45.6 Å². The van der Waals surface area contributed by atoms with E-state index in [0.29, 0.717) is 12.8 Å². The predicted octanol–water partition coefficient (Wildman–Crippen LogP) is 10.4. The van der Waals surface area contributed by atoms with Crippen LogP contribution in [0.15, 0.2) is 109 Å². The van der Waals surface area contributed by atoms with Crippen LogP contribution >= 0.6 is 0 Å². The highest BCUT2D eigenvalue weighted by Crippen LogP contribution is 2.30. The number of ether oxygens (including phenoxy) is 4. The topological polar surface area (TPSA) is 228 Å². The van der Waals surface area contributed by atoms with Gasteiger partial charge in [-0.3, -0.25) is 4.79 Å². The lowest BCUT2D eigenvalue weighted by molar-refractivity contribution is -0.359. The Balaban J connectivity index is 1.82. The third-order valence-electron chi connectivity index (χ3n) is 13.9. The number of hydrogen-bond donors (Lipinski definition) is 9. The number of nitrogens with one attached hydrogen (secondary N) is 1. The molecular formula is C64H107NO13. The summed E-state index contributed by atoms with van der Waals surface area (Å²) in [5.74, 6) is -0.282. The average Bonchev–Trinajstić information content (AvgIpc) is 3.48. The Morgan fingerprint density at radius 3 is 1.41 bits per heavy atom. The van der Waals surface area contributed by atoms with E-state index in [0.717, 1.165) is 89.9 Å². The zero-order valence-corrected chi connectivity index (χ0v) is 47.9. The molecule has 0 bridgehead atoms. The smallest absolute Gasteiger partial charge is 0.220 e. The van der Waals surface area contributed by atoms with Crippen molar-refractivity contribution in [3.05, 3.63) is 109 Å². The molecule has 0 aliphatic carbocycles. The normalized spacial score (nSPS) is 25.4. The van der Waals surface area contributed by atoms with E-state index in [-0.39, 0.29) is 18.9 Å². The number of rotatable bonds is 46. The Morgan fingerprint density at radius 2 is 0.897 bits per heavy atom. The van der Waals surface area contributed by atoms with E-state index in [1.807, 2.05) is 6.08 Å². The van der Waals surface area contributed by atoms with Gasteiger partial charge in [-0.05, 0) is 96.3 Å². The fraction of sp³-hybridized carbons (Fsp3) is 0.703. The lowest BCUT2D eigenvalue weighted by Crippen LogP contribution is -2.65. The highest BCUT2D eigenvalue weighted by Gasteiger charge is 2.51. The summed E-state index contributed by atoms with van der Waals surface area (Å²) in [5, 5.41) is 87.1. The van der Waals surface area contributed by atoms with Crippen molar-refractivity contribution in [2.24, 2.45) is 0 Å². The minimum absolute atomic E-state index is 0.233. The Morgan fingerprint density at radius 1 is 0.474 bits per heavy atom. The SMILES string of the molecule is CC/C=C\C/C=C\C/C=C\C/C=C\C/C=C\C/C=C\CCCCCCC(=O)NC(COC1OC(CO)C(OC2OC(CO)C(O)C(O)C2O)C(O)C1O)C(O)/C=C/CC/C=C/CC/C=C/CCCCCCCCCCCCC. The number of carbonyl (C=O) groups excluding carboxylic acids is 1. The average molecular weight is 1100 g/mol. The molecule has 2 heterocycles. The number of allylic oxidation sites excluding steroid dienone is 17. The zero-order chi connectivity index (χ0) is 56.7. The molecule has 1 amide bonds. The van der Waals surface area contributed by atoms with Gasteiger partial charge in [0.2, 0.25) is 5.91 Å². The first-order valence-corrected chi connectivity index (χ1v) is 30.1. The molecule has 14 heteroatoms.